The highest BCUT2D eigenvalue weighted by Gasteiger charge is 2.13. The Morgan fingerprint density at radius 1 is 0.265 bits per heavy atom. The van der Waals surface area contributed by atoms with Crippen molar-refractivity contribution in [2.75, 3.05) is 27.2 Å². The van der Waals surface area contributed by atoms with Crippen LogP contribution in [0.25, 0.3) is 0 Å². The Balaban J connectivity index is 3.28. The van der Waals surface area contributed by atoms with Crippen molar-refractivity contribution in [2.24, 2.45) is 0 Å². The van der Waals surface area contributed by atoms with Gasteiger partial charge in [0.25, 0.3) is 0 Å². The Bertz CT molecular complexity index is 362. The standard InChI is InChI=1S/C33H70N/c1-5-7-9-11-13-15-17-19-21-23-25-27-29-31-33-34(3,4)32-30-28-26-24-22-20-18-16-14-12-10-8-6-2/h5-33H2,1-4H3/q+1. The van der Waals surface area contributed by atoms with Crippen LogP contribution in [0.3, 0.4) is 0 Å². The molecule has 0 rings (SSSR count). The van der Waals surface area contributed by atoms with Gasteiger partial charge in [0.1, 0.15) is 0 Å². The summed E-state index contributed by atoms with van der Waals surface area (Å²) in [6, 6.07) is 0. The molecule has 0 unspecified atom stereocenters. The molecule has 0 atom stereocenters. The third kappa shape index (κ3) is 28.2. The molecule has 0 saturated carbocycles. The molecular formula is C33H70N+. The van der Waals surface area contributed by atoms with Crippen molar-refractivity contribution in [2.45, 2.75) is 187 Å². The van der Waals surface area contributed by atoms with E-state index in [-0.39, 0.29) is 0 Å². The zero-order valence-corrected chi connectivity index (χ0v) is 25.0. The Morgan fingerprint density at radius 3 is 0.647 bits per heavy atom. The Hall–Kier alpha value is -0.0400. The van der Waals surface area contributed by atoms with Crippen molar-refractivity contribution < 1.29 is 4.48 Å². The molecule has 0 amide bonds. The predicted molar refractivity (Wildman–Crippen MR) is 158 cm³/mol. The summed E-state index contributed by atoms with van der Waals surface area (Å²) in [6.45, 7) is 7.38. The minimum Gasteiger partial charge on any atom is -0.328 e. The van der Waals surface area contributed by atoms with Crippen LogP contribution in [0.1, 0.15) is 187 Å². The van der Waals surface area contributed by atoms with Crippen LogP contribution in [0.15, 0.2) is 0 Å². The summed E-state index contributed by atoms with van der Waals surface area (Å²) in [6.07, 6.45) is 39.4. The van der Waals surface area contributed by atoms with Crippen molar-refractivity contribution in [3.8, 4) is 0 Å². The normalized spacial score (nSPS) is 12.0. The molecular weight excluding hydrogens is 410 g/mol. The third-order valence-electron chi connectivity index (χ3n) is 7.98. The average Bonchev–Trinajstić information content (AvgIpc) is 2.82. The maximum absolute atomic E-state index is 2.46. The van der Waals surface area contributed by atoms with E-state index in [0.29, 0.717) is 0 Å². The highest BCUT2D eigenvalue weighted by molar-refractivity contribution is 4.51. The van der Waals surface area contributed by atoms with E-state index < -0.39 is 0 Å². The molecule has 0 aromatic rings. The largest absolute Gasteiger partial charge is 0.328 e. The molecule has 0 aromatic heterocycles. The van der Waals surface area contributed by atoms with E-state index in [1.807, 2.05) is 0 Å². The summed E-state index contributed by atoms with van der Waals surface area (Å²) >= 11 is 0. The first-order valence-electron chi connectivity index (χ1n) is 16.4. The van der Waals surface area contributed by atoms with Gasteiger partial charge in [-0.05, 0) is 25.7 Å². The van der Waals surface area contributed by atoms with Gasteiger partial charge in [-0.3, -0.25) is 0 Å². The van der Waals surface area contributed by atoms with Crippen LogP contribution in [-0.2, 0) is 0 Å². The number of rotatable bonds is 29. The molecule has 1 nitrogen and oxygen atoms in total. The fourth-order valence-corrected chi connectivity index (χ4v) is 5.40. The lowest BCUT2D eigenvalue weighted by atomic mass is 10.0. The van der Waals surface area contributed by atoms with Gasteiger partial charge in [-0.1, -0.05) is 162 Å². The molecule has 0 aliphatic rings. The van der Waals surface area contributed by atoms with E-state index in [1.165, 1.54) is 191 Å². The number of nitrogens with zero attached hydrogens (tertiary/aromatic N) is 1. The lowest BCUT2D eigenvalue weighted by Gasteiger charge is -2.30. The topological polar surface area (TPSA) is 0 Å². The molecule has 0 aromatic carbocycles. The van der Waals surface area contributed by atoms with Crippen LogP contribution in [-0.4, -0.2) is 31.7 Å². The van der Waals surface area contributed by atoms with Gasteiger partial charge in [0.05, 0.1) is 27.2 Å². The zero-order chi connectivity index (χ0) is 25.0. The van der Waals surface area contributed by atoms with Gasteiger partial charge in [0.2, 0.25) is 0 Å². The first-order chi connectivity index (χ1) is 16.6. The number of hydrogen-bond donors (Lipinski definition) is 0. The van der Waals surface area contributed by atoms with Crippen molar-refractivity contribution in [1.82, 2.24) is 0 Å². The zero-order valence-electron chi connectivity index (χ0n) is 25.0. The van der Waals surface area contributed by atoms with Gasteiger partial charge >= 0.3 is 0 Å². The first kappa shape index (κ1) is 34.0. The molecule has 0 aliphatic heterocycles. The molecule has 0 N–H and O–H groups in total. The van der Waals surface area contributed by atoms with Crippen LogP contribution >= 0.6 is 0 Å². The lowest BCUT2D eigenvalue weighted by molar-refractivity contribution is -0.890. The second-order valence-corrected chi connectivity index (χ2v) is 12.2. The van der Waals surface area contributed by atoms with Crippen LogP contribution in [0.2, 0.25) is 0 Å². The summed E-state index contributed by atoms with van der Waals surface area (Å²) in [7, 11) is 4.92. The molecule has 0 spiro atoms. The Labute approximate surface area is 218 Å². The highest BCUT2D eigenvalue weighted by Crippen LogP contribution is 2.15. The van der Waals surface area contributed by atoms with Crippen LogP contribution in [0, 0.1) is 0 Å². The van der Waals surface area contributed by atoms with E-state index in [0.717, 1.165) is 0 Å². The van der Waals surface area contributed by atoms with Crippen molar-refractivity contribution in [1.29, 1.82) is 0 Å². The monoisotopic (exact) mass is 481 g/mol. The molecule has 1 heteroatoms. The second kappa shape index (κ2) is 27.5. The van der Waals surface area contributed by atoms with Gasteiger partial charge in [-0.25, -0.2) is 0 Å². The molecule has 0 heterocycles. The molecule has 34 heavy (non-hydrogen) atoms. The average molecular weight is 481 g/mol. The maximum atomic E-state index is 2.46. The SMILES string of the molecule is CCCCCCCCCCCCCCCC[N+](C)(C)CCCCCCCCCCCCCCC. The Kier molecular flexibility index (Phi) is 27.5. The fourth-order valence-electron chi connectivity index (χ4n) is 5.40. The fraction of sp³-hybridized carbons (Fsp3) is 1.00. The van der Waals surface area contributed by atoms with Gasteiger partial charge in [-0.2, -0.15) is 0 Å². The van der Waals surface area contributed by atoms with Crippen molar-refractivity contribution in [3.05, 3.63) is 0 Å². The quantitative estimate of drug-likeness (QED) is 0.0737. The molecule has 0 saturated heterocycles. The van der Waals surface area contributed by atoms with Gasteiger partial charge in [-0.15, -0.1) is 0 Å². The van der Waals surface area contributed by atoms with Gasteiger partial charge < -0.3 is 4.48 Å². The number of hydrogen-bond acceptors (Lipinski definition) is 0. The van der Waals surface area contributed by atoms with E-state index >= 15 is 0 Å². The van der Waals surface area contributed by atoms with Gasteiger partial charge in [0, 0.05) is 0 Å². The van der Waals surface area contributed by atoms with Crippen LogP contribution in [0.4, 0.5) is 0 Å². The smallest absolute Gasteiger partial charge is 0.0782 e. The second-order valence-electron chi connectivity index (χ2n) is 12.2. The minimum absolute atomic E-state index is 1.25. The van der Waals surface area contributed by atoms with E-state index in [2.05, 4.69) is 27.9 Å². The summed E-state index contributed by atoms with van der Waals surface area (Å²) in [4.78, 5) is 0. The van der Waals surface area contributed by atoms with Crippen LogP contribution in [0.5, 0.6) is 0 Å². The number of unbranched alkanes of at least 4 members (excludes halogenated alkanes) is 25. The number of quaternary nitrogens is 1. The summed E-state index contributed by atoms with van der Waals surface area (Å²) < 4.78 is 1.25. The first-order valence-corrected chi connectivity index (χ1v) is 16.4. The third-order valence-corrected chi connectivity index (χ3v) is 7.98. The van der Waals surface area contributed by atoms with Gasteiger partial charge in [0.15, 0.2) is 0 Å². The summed E-state index contributed by atoms with van der Waals surface area (Å²) in [5.41, 5.74) is 0. The molecule has 0 radical (unpaired) electrons. The highest BCUT2D eigenvalue weighted by atomic mass is 15.3. The predicted octanol–water partition coefficient (Wildman–Crippen LogP) is 11.6. The van der Waals surface area contributed by atoms with Crippen molar-refractivity contribution >= 4 is 0 Å². The van der Waals surface area contributed by atoms with E-state index in [9.17, 15) is 0 Å². The van der Waals surface area contributed by atoms with E-state index in [1.54, 1.807) is 0 Å². The lowest BCUT2D eigenvalue weighted by Crippen LogP contribution is -2.41. The van der Waals surface area contributed by atoms with E-state index in [4.69, 9.17) is 0 Å². The van der Waals surface area contributed by atoms with Crippen LogP contribution < -0.4 is 0 Å². The minimum atomic E-state index is 1.25. The summed E-state index contributed by atoms with van der Waals surface area (Å²) in [5, 5.41) is 0. The molecule has 0 aliphatic carbocycles. The van der Waals surface area contributed by atoms with Crippen molar-refractivity contribution in [3.63, 3.8) is 0 Å². The Morgan fingerprint density at radius 2 is 0.441 bits per heavy atom. The summed E-state index contributed by atoms with van der Waals surface area (Å²) in [5.74, 6) is 0. The molecule has 0 fully saturated rings. The maximum Gasteiger partial charge on any atom is 0.0782 e. The molecule has 206 valence electrons. The molecule has 0 bridgehead atoms.